The summed E-state index contributed by atoms with van der Waals surface area (Å²) >= 11 is 3.54. The summed E-state index contributed by atoms with van der Waals surface area (Å²) in [6, 6.07) is 8.58. The number of benzene rings is 1. The number of hydrogen-bond donors (Lipinski definition) is 2. The lowest BCUT2D eigenvalue weighted by molar-refractivity contribution is -0.136. The van der Waals surface area contributed by atoms with Crippen LogP contribution in [0.1, 0.15) is 24.3 Å². The molecular formula is C12H14BrNO2. The van der Waals surface area contributed by atoms with Gasteiger partial charge in [-0.1, -0.05) is 34.1 Å². The van der Waals surface area contributed by atoms with Crippen LogP contribution in [0.5, 0.6) is 0 Å². The van der Waals surface area contributed by atoms with Crippen LogP contribution < -0.4 is 5.32 Å². The van der Waals surface area contributed by atoms with E-state index in [-0.39, 0.29) is 6.54 Å². The predicted molar refractivity (Wildman–Crippen MR) is 65.5 cm³/mol. The predicted octanol–water partition coefficient (Wildman–Crippen LogP) is 2.37. The Bertz CT molecular complexity index is 388. The van der Waals surface area contributed by atoms with Crippen molar-refractivity contribution >= 4 is 21.9 Å². The van der Waals surface area contributed by atoms with E-state index in [4.69, 9.17) is 5.11 Å². The van der Waals surface area contributed by atoms with Crippen molar-refractivity contribution in [3.63, 3.8) is 0 Å². The van der Waals surface area contributed by atoms with Gasteiger partial charge in [-0.25, -0.2) is 0 Å². The highest BCUT2D eigenvalue weighted by Gasteiger charge is 2.31. The molecule has 0 heterocycles. The molecule has 0 atom stereocenters. The summed E-state index contributed by atoms with van der Waals surface area (Å²) in [5.74, 6) is -0.230. The maximum Gasteiger partial charge on any atom is 0.317 e. The van der Waals surface area contributed by atoms with Gasteiger partial charge in [0.05, 0.1) is 6.54 Å². The number of rotatable bonds is 4. The molecule has 0 radical (unpaired) electrons. The number of nitrogens with one attached hydrogen (secondary N) is 1. The molecule has 0 spiro atoms. The normalized spacial score (nSPS) is 23.8. The summed E-state index contributed by atoms with van der Waals surface area (Å²) in [7, 11) is 0. The third-order valence-corrected chi connectivity index (χ3v) is 3.75. The first-order valence-electron chi connectivity index (χ1n) is 5.36. The van der Waals surface area contributed by atoms with Gasteiger partial charge in [0, 0.05) is 10.5 Å². The van der Waals surface area contributed by atoms with E-state index in [1.807, 2.05) is 18.2 Å². The molecule has 0 unspecified atom stereocenters. The van der Waals surface area contributed by atoms with E-state index in [9.17, 15) is 4.79 Å². The molecule has 4 heteroatoms. The minimum atomic E-state index is -0.788. The van der Waals surface area contributed by atoms with Gasteiger partial charge < -0.3 is 10.4 Å². The van der Waals surface area contributed by atoms with Gasteiger partial charge in [0.1, 0.15) is 0 Å². The Morgan fingerprint density at radius 3 is 2.75 bits per heavy atom. The van der Waals surface area contributed by atoms with Crippen LogP contribution in [0, 0.1) is 0 Å². The first-order chi connectivity index (χ1) is 7.66. The SMILES string of the molecule is O=C(O)CNC1CC(c2ccccc2Br)C1. The van der Waals surface area contributed by atoms with E-state index >= 15 is 0 Å². The molecule has 0 bridgehead atoms. The van der Waals surface area contributed by atoms with Crippen molar-refractivity contribution in [3.05, 3.63) is 34.3 Å². The Kier molecular flexibility index (Phi) is 3.61. The summed E-state index contributed by atoms with van der Waals surface area (Å²) in [6.45, 7) is 0.0628. The number of aliphatic carboxylic acids is 1. The van der Waals surface area contributed by atoms with Crippen LogP contribution in [-0.2, 0) is 4.79 Å². The molecule has 1 aliphatic carbocycles. The quantitative estimate of drug-likeness (QED) is 0.892. The third kappa shape index (κ3) is 2.62. The van der Waals surface area contributed by atoms with Crippen LogP contribution in [-0.4, -0.2) is 23.7 Å². The number of halogens is 1. The van der Waals surface area contributed by atoms with Gasteiger partial charge in [0.25, 0.3) is 0 Å². The Morgan fingerprint density at radius 2 is 2.12 bits per heavy atom. The van der Waals surface area contributed by atoms with Crippen molar-refractivity contribution in [1.29, 1.82) is 0 Å². The van der Waals surface area contributed by atoms with Crippen LogP contribution in [0.25, 0.3) is 0 Å². The molecule has 1 fully saturated rings. The minimum Gasteiger partial charge on any atom is -0.480 e. The van der Waals surface area contributed by atoms with Crippen LogP contribution in [0.4, 0.5) is 0 Å². The molecule has 0 aliphatic heterocycles. The zero-order chi connectivity index (χ0) is 11.5. The van der Waals surface area contributed by atoms with E-state index in [1.54, 1.807) is 0 Å². The molecular weight excluding hydrogens is 270 g/mol. The van der Waals surface area contributed by atoms with E-state index in [0.717, 1.165) is 17.3 Å². The second-order valence-electron chi connectivity index (χ2n) is 4.16. The van der Waals surface area contributed by atoms with Crippen molar-refractivity contribution in [2.75, 3.05) is 6.54 Å². The molecule has 2 rings (SSSR count). The highest BCUT2D eigenvalue weighted by Crippen LogP contribution is 2.39. The van der Waals surface area contributed by atoms with Crippen molar-refractivity contribution < 1.29 is 9.90 Å². The number of carboxylic acid groups (broad SMARTS) is 1. The van der Waals surface area contributed by atoms with Crippen molar-refractivity contribution in [1.82, 2.24) is 5.32 Å². The molecule has 0 amide bonds. The molecule has 3 nitrogen and oxygen atoms in total. The molecule has 2 N–H and O–H groups in total. The van der Waals surface area contributed by atoms with Crippen LogP contribution in [0.2, 0.25) is 0 Å². The van der Waals surface area contributed by atoms with E-state index in [2.05, 4.69) is 27.3 Å². The van der Waals surface area contributed by atoms with E-state index in [0.29, 0.717) is 12.0 Å². The monoisotopic (exact) mass is 283 g/mol. The summed E-state index contributed by atoms with van der Waals surface area (Å²) in [6.07, 6.45) is 2.05. The average molecular weight is 284 g/mol. The lowest BCUT2D eigenvalue weighted by Gasteiger charge is -2.36. The Labute approximate surface area is 103 Å². The Morgan fingerprint density at radius 1 is 1.44 bits per heavy atom. The largest absolute Gasteiger partial charge is 0.480 e. The minimum absolute atomic E-state index is 0.0628. The maximum atomic E-state index is 10.4. The molecule has 0 saturated heterocycles. The summed E-state index contributed by atoms with van der Waals surface area (Å²) < 4.78 is 1.15. The zero-order valence-electron chi connectivity index (χ0n) is 8.82. The summed E-state index contributed by atoms with van der Waals surface area (Å²) in [5.41, 5.74) is 1.33. The van der Waals surface area contributed by atoms with Gasteiger partial charge >= 0.3 is 5.97 Å². The second kappa shape index (κ2) is 4.97. The summed E-state index contributed by atoms with van der Waals surface area (Å²) in [5, 5.41) is 11.6. The Hall–Kier alpha value is -0.870. The lowest BCUT2D eigenvalue weighted by Crippen LogP contribution is -2.42. The van der Waals surface area contributed by atoms with Crippen LogP contribution >= 0.6 is 15.9 Å². The fourth-order valence-corrected chi connectivity index (χ4v) is 2.68. The standard InChI is InChI=1S/C12H14BrNO2/c13-11-4-2-1-3-10(11)8-5-9(6-8)14-7-12(15)16/h1-4,8-9,14H,5-7H2,(H,15,16). The van der Waals surface area contributed by atoms with Crippen LogP contribution in [0.3, 0.4) is 0 Å². The van der Waals surface area contributed by atoms with Crippen molar-refractivity contribution in [2.24, 2.45) is 0 Å². The van der Waals surface area contributed by atoms with E-state index < -0.39 is 5.97 Å². The second-order valence-corrected chi connectivity index (χ2v) is 5.02. The van der Waals surface area contributed by atoms with Gasteiger partial charge in [-0.05, 0) is 30.4 Å². The lowest BCUT2D eigenvalue weighted by atomic mass is 9.76. The molecule has 1 aliphatic rings. The van der Waals surface area contributed by atoms with Crippen molar-refractivity contribution in [2.45, 2.75) is 24.8 Å². The average Bonchev–Trinajstić information content (AvgIpc) is 2.17. The fourth-order valence-electron chi connectivity index (χ4n) is 2.08. The van der Waals surface area contributed by atoms with Crippen molar-refractivity contribution in [3.8, 4) is 0 Å². The number of carbonyl (C=O) groups is 1. The first kappa shape index (κ1) is 11.6. The smallest absolute Gasteiger partial charge is 0.317 e. The van der Waals surface area contributed by atoms with Gasteiger partial charge in [0.2, 0.25) is 0 Å². The zero-order valence-corrected chi connectivity index (χ0v) is 10.4. The molecule has 1 aromatic rings. The molecule has 1 saturated carbocycles. The molecule has 16 heavy (non-hydrogen) atoms. The van der Waals surface area contributed by atoms with Crippen LogP contribution in [0.15, 0.2) is 28.7 Å². The topological polar surface area (TPSA) is 49.3 Å². The van der Waals surface area contributed by atoms with E-state index in [1.165, 1.54) is 5.56 Å². The maximum absolute atomic E-state index is 10.4. The molecule has 86 valence electrons. The number of hydrogen-bond acceptors (Lipinski definition) is 2. The third-order valence-electron chi connectivity index (χ3n) is 3.03. The number of carboxylic acids is 1. The molecule has 1 aromatic carbocycles. The fraction of sp³-hybridized carbons (Fsp3) is 0.417. The Balaban J connectivity index is 1.84. The highest BCUT2D eigenvalue weighted by molar-refractivity contribution is 9.10. The highest BCUT2D eigenvalue weighted by atomic mass is 79.9. The van der Waals surface area contributed by atoms with Gasteiger partial charge in [-0.3, -0.25) is 4.79 Å². The molecule has 0 aromatic heterocycles. The summed E-state index contributed by atoms with van der Waals surface area (Å²) in [4.78, 5) is 10.4. The van der Waals surface area contributed by atoms with Gasteiger partial charge in [-0.2, -0.15) is 0 Å². The van der Waals surface area contributed by atoms with Gasteiger partial charge in [0.15, 0.2) is 0 Å². The van der Waals surface area contributed by atoms with Gasteiger partial charge in [-0.15, -0.1) is 0 Å². The first-order valence-corrected chi connectivity index (χ1v) is 6.15.